The average molecular weight is 333 g/mol. The van der Waals surface area contributed by atoms with Crippen LogP contribution in [0, 0.1) is 0 Å². The summed E-state index contributed by atoms with van der Waals surface area (Å²) >= 11 is 0. The summed E-state index contributed by atoms with van der Waals surface area (Å²) in [6.45, 7) is 7.35. The van der Waals surface area contributed by atoms with Crippen LogP contribution in [0.5, 0.6) is 0 Å². The SMILES string of the molecule is CN=C(NCCN1CCOCC1)NCc1ccccc1CN(C)C. The third-order valence-electron chi connectivity index (χ3n) is 4.10. The molecule has 0 amide bonds. The molecule has 0 radical (unpaired) electrons. The van der Waals surface area contributed by atoms with E-state index in [0.717, 1.165) is 58.4 Å². The van der Waals surface area contributed by atoms with E-state index in [1.165, 1.54) is 11.1 Å². The number of hydrogen-bond acceptors (Lipinski definition) is 4. The highest BCUT2D eigenvalue weighted by atomic mass is 16.5. The Hall–Kier alpha value is -1.63. The Morgan fingerprint density at radius 1 is 1.17 bits per heavy atom. The summed E-state index contributed by atoms with van der Waals surface area (Å²) < 4.78 is 5.37. The first-order valence-corrected chi connectivity index (χ1v) is 8.65. The lowest BCUT2D eigenvalue weighted by Gasteiger charge is -2.26. The van der Waals surface area contributed by atoms with E-state index >= 15 is 0 Å². The Morgan fingerprint density at radius 2 is 1.88 bits per heavy atom. The summed E-state index contributed by atoms with van der Waals surface area (Å²) in [5.41, 5.74) is 2.65. The summed E-state index contributed by atoms with van der Waals surface area (Å²) in [6.07, 6.45) is 0. The molecule has 1 heterocycles. The molecule has 6 heteroatoms. The molecule has 1 fully saturated rings. The van der Waals surface area contributed by atoms with E-state index in [9.17, 15) is 0 Å². The summed E-state index contributed by atoms with van der Waals surface area (Å²) in [7, 11) is 6.00. The molecule has 134 valence electrons. The van der Waals surface area contributed by atoms with Gasteiger partial charge in [0.25, 0.3) is 0 Å². The molecule has 0 atom stereocenters. The molecule has 2 N–H and O–H groups in total. The molecule has 0 aromatic heterocycles. The van der Waals surface area contributed by atoms with E-state index in [1.54, 1.807) is 0 Å². The van der Waals surface area contributed by atoms with Crippen molar-refractivity contribution in [1.82, 2.24) is 20.4 Å². The summed E-state index contributed by atoms with van der Waals surface area (Å²) in [5, 5.41) is 6.81. The van der Waals surface area contributed by atoms with Gasteiger partial charge in [-0.25, -0.2) is 0 Å². The molecule has 6 nitrogen and oxygen atoms in total. The van der Waals surface area contributed by atoms with Crippen LogP contribution in [-0.4, -0.2) is 76.3 Å². The zero-order valence-corrected chi connectivity index (χ0v) is 15.2. The van der Waals surface area contributed by atoms with Crippen molar-refractivity contribution in [2.24, 2.45) is 4.99 Å². The maximum atomic E-state index is 5.37. The molecule has 0 saturated carbocycles. The highest BCUT2D eigenvalue weighted by Crippen LogP contribution is 2.10. The molecular formula is C18H31N5O. The molecule has 1 saturated heterocycles. The van der Waals surface area contributed by atoms with Crippen LogP contribution in [-0.2, 0) is 17.8 Å². The Labute approximate surface area is 145 Å². The summed E-state index contributed by atoms with van der Waals surface area (Å²) in [6, 6.07) is 8.54. The Morgan fingerprint density at radius 3 is 2.54 bits per heavy atom. The normalized spacial score (nSPS) is 16.4. The predicted molar refractivity (Wildman–Crippen MR) is 99.3 cm³/mol. The van der Waals surface area contributed by atoms with Crippen LogP contribution in [0.25, 0.3) is 0 Å². The number of nitrogens with one attached hydrogen (secondary N) is 2. The fourth-order valence-electron chi connectivity index (χ4n) is 2.78. The number of aliphatic imine (C=N–C) groups is 1. The molecule has 2 rings (SSSR count). The lowest BCUT2D eigenvalue weighted by atomic mass is 10.1. The fourth-order valence-corrected chi connectivity index (χ4v) is 2.78. The van der Waals surface area contributed by atoms with Crippen molar-refractivity contribution in [1.29, 1.82) is 0 Å². The van der Waals surface area contributed by atoms with E-state index in [2.05, 4.69) is 63.8 Å². The van der Waals surface area contributed by atoms with Gasteiger partial charge in [0.1, 0.15) is 0 Å². The molecule has 1 aliphatic heterocycles. The maximum absolute atomic E-state index is 5.37. The van der Waals surface area contributed by atoms with Crippen molar-refractivity contribution >= 4 is 5.96 Å². The highest BCUT2D eigenvalue weighted by Gasteiger charge is 2.10. The first-order chi connectivity index (χ1) is 11.7. The van der Waals surface area contributed by atoms with Gasteiger partial charge in [-0.1, -0.05) is 24.3 Å². The van der Waals surface area contributed by atoms with Crippen molar-refractivity contribution in [3.05, 3.63) is 35.4 Å². The van der Waals surface area contributed by atoms with Gasteiger partial charge in [-0.2, -0.15) is 0 Å². The van der Waals surface area contributed by atoms with Gasteiger partial charge in [-0.05, 0) is 25.2 Å². The van der Waals surface area contributed by atoms with Crippen LogP contribution in [0.3, 0.4) is 0 Å². The van der Waals surface area contributed by atoms with Crippen molar-refractivity contribution in [3.63, 3.8) is 0 Å². The molecule has 24 heavy (non-hydrogen) atoms. The minimum absolute atomic E-state index is 0.779. The lowest BCUT2D eigenvalue weighted by molar-refractivity contribution is 0.0389. The van der Waals surface area contributed by atoms with Gasteiger partial charge in [0, 0.05) is 46.3 Å². The number of rotatable bonds is 7. The molecule has 1 aromatic rings. The van der Waals surface area contributed by atoms with Crippen LogP contribution >= 0.6 is 0 Å². The molecule has 0 bridgehead atoms. The number of benzene rings is 1. The van der Waals surface area contributed by atoms with Crippen molar-refractivity contribution in [3.8, 4) is 0 Å². The largest absolute Gasteiger partial charge is 0.379 e. The van der Waals surface area contributed by atoms with Crippen molar-refractivity contribution in [2.45, 2.75) is 13.1 Å². The van der Waals surface area contributed by atoms with E-state index < -0.39 is 0 Å². The van der Waals surface area contributed by atoms with Crippen LogP contribution < -0.4 is 10.6 Å². The fraction of sp³-hybridized carbons (Fsp3) is 0.611. The van der Waals surface area contributed by atoms with Gasteiger partial charge < -0.3 is 20.3 Å². The highest BCUT2D eigenvalue weighted by molar-refractivity contribution is 5.79. The van der Waals surface area contributed by atoms with Crippen molar-refractivity contribution in [2.75, 3.05) is 60.5 Å². The number of hydrogen-bond donors (Lipinski definition) is 2. The second kappa shape index (κ2) is 10.3. The topological polar surface area (TPSA) is 52.1 Å². The van der Waals surface area contributed by atoms with Crippen LogP contribution in [0.4, 0.5) is 0 Å². The van der Waals surface area contributed by atoms with E-state index in [1.807, 2.05) is 7.05 Å². The zero-order valence-electron chi connectivity index (χ0n) is 15.2. The lowest BCUT2D eigenvalue weighted by Crippen LogP contribution is -2.44. The van der Waals surface area contributed by atoms with E-state index in [-0.39, 0.29) is 0 Å². The zero-order chi connectivity index (χ0) is 17.2. The average Bonchev–Trinajstić information content (AvgIpc) is 2.59. The smallest absolute Gasteiger partial charge is 0.191 e. The molecule has 0 unspecified atom stereocenters. The third kappa shape index (κ3) is 6.47. The van der Waals surface area contributed by atoms with Gasteiger partial charge in [0.05, 0.1) is 13.2 Å². The van der Waals surface area contributed by atoms with Crippen LogP contribution in [0.1, 0.15) is 11.1 Å². The van der Waals surface area contributed by atoms with Gasteiger partial charge in [-0.15, -0.1) is 0 Å². The van der Waals surface area contributed by atoms with Gasteiger partial charge in [0.2, 0.25) is 0 Å². The first-order valence-electron chi connectivity index (χ1n) is 8.65. The number of ether oxygens (including phenoxy) is 1. The molecule has 1 aliphatic rings. The summed E-state index contributed by atoms with van der Waals surface area (Å²) in [5.74, 6) is 0.850. The summed E-state index contributed by atoms with van der Waals surface area (Å²) in [4.78, 5) is 8.92. The van der Waals surface area contributed by atoms with Gasteiger partial charge in [0.15, 0.2) is 5.96 Å². The molecule has 0 spiro atoms. The quantitative estimate of drug-likeness (QED) is 0.570. The number of morpholine rings is 1. The van der Waals surface area contributed by atoms with Crippen molar-refractivity contribution < 1.29 is 4.74 Å². The third-order valence-corrected chi connectivity index (χ3v) is 4.10. The Kier molecular flexibility index (Phi) is 8.01. The number of nitrogens with zero attached hydrogens (tertiary/aromatic N) is 3. The minimum Gasteiger partial charge on any atom is -0.379 e. The Bertz CT molecular complexity index is 512. The van der Waals surface area contributed by atoms with E-state index in [4.69, 9.17) is 4.74 Å². The van der Waals surface area contributed by atoms with Gasteiger partial charge >= 0.3 is 0 Å². The number of guanidine groups is 1. The molecular weight excluding hydrogens is 302 g/mol. The minimum atomic E-state index is 0.779. The molecule has 1 aromatic carbocycles. The Balaban J connectivity index is 1.77. The maximum Gasteiger partial charge on any atom is 0.191 e. The van der Waals surface area contributed by atoms with E-state index in [0.29, 0.717) is 0 Å². The first kappa shape index (κ1) is 18.7. The monoisotopic (exact) mass is 333 g/mol. The van der Waals surface area contributed by atoms with Gasteiger partial charge in [-0.3, -0.25) is 9.89 Å². The van der Waals surface area contributed by atoms with Crippen LogP contribution in [0.2, 0.25) is 0 Å². The standard InChI is InChI=1S/C18H31N5O/c1-19-18(20-8-9-23-10-12-24-13-11-23)21-14-16-6-4-5-7-17(16)15-22(2)3/h4-7H,8-15H2,1-3H3,(H2,19,20,21). The predicted octanol–water partition coefficient (Wildman–Crippen LogP) is 0.745. The molecule has 0 aliphatic carbocycles. The van der Waals surface area contributed by atoms with Crippen LogP contribution in [0.15, 0.2) is 29.3 Å². The second-order valence-electron chi connectivity index (χ2n) is 6.31. The second-order valence-corrected chi connectivity index (χ2v) is 6.31.